The first-order chi connectivity index (χ1) is 11.8. The monoisotopic (exact) mass is 378 g/mol. The van der Waals surface area contributed by atoms with Gasteiger partial charge in [0.05, 0.1) is 22.7 Å². The minimum absolute atomic E-state index is 0.206. The van der Waals surface area contributed by atoms with Gasteiger partial charge in [-0.3, -0.25) is 4.79 Å². The normalized spacial score (nSPS) is 12.9. The maximum atomic E-state index is 12.3. The minimum Gasteiger partial charge on any atom is -0.393 e. The third-order valence-electron chi connectivity index (χ3n) is 3.22. The van der Waals surface area contributed by atoms with Crippen LogP contribution in [0.5, 0.6) is 0 Å². The van der Waals surface area contributed by atoms with Crippen LogP contribution in [0.2, 0.25) is 0 Å². The van der Waals surface area contributed by atoms with Gasteiger partial charge in [0, 0.05) is 18.0 Å². The molecule has 0 aliphatic heterocycles. The van der Waals surface area contributed by atoms with E-state index in [0.717, 1.165) is 22.5 Å². The summed E-state index contributed by atoms with van der Waals surface area (Å²) in [5.74, 6) is -0.781. The Labute approximate surface area is 147 Å². The van der Waals surface area contributed by atoms with E-state index in [1.807, 2.05) is 10.8 Å². The molecule has 0 fully saturated rings. The molecule has 25 heavy (non-hydrogen) atoms. The van der Waals surface area contributed by atoms with Crippen LogP contribution in [0.15, 0.2) is 41.3 Å². The summed E-state index contributed by atoms with van der Waals surface area (Å²) in [5, 5.41) is 9.16. The Bertz CT molecular complexity index is 1020. The average molecular weight is 378 g/mol. The lowest BCUT2D eigenvalue weighted by atomic mass is 10.1. The number of benzene rings is 1. The van der Waals surface area contributed by atoms with Gasteiger partial charge >= 0.3 is 0 Å². The van der Waals surface area contributed by atoms with Gasteiger partial charge in [-0.2, -0.15) is 8.42 Å². The number of carbonyl (C=O) groups excluding carboxylic acids is 1. The van der Waals surface area contributed by atoms with Gasteiger partial charge in [0.1, 0.15) is 6.33 Å². The first kappa shape index (κ1) is 17.4. The van der Waals surface area contributed by atoms with Crippen molar-refractivity contribution in [3.05, 3.63) is 36.9 Å². The van der Waals surface area contributed by atoms with Crippen LogP contribution < -0.4 is 4.72 Å². The highest BCUT2D eigenvalue weighted by Crippen LogP contribution is 2.29. The Kier molecular flexibility index (Phi) is 4.75. The molecule has 0 unspecified atom stereocenters. The van der Waals surface area contributed by atoms with Gasteiger partial charge in [0.15, 0.2) is 0 Å². The summed E-state index contributed by atoms with van der Waals surface area (Å²) in [6, 6.07) is 5.31. The number of hydrogen-bond donors (Lipinski definition) is 2. The Morgan fingerprint density at radius 3 is 2.68 bits per heavy atom. The zero-order valence-electron chi connectivity index (χ0n) is 13.1. The van der Waals surface area contributed by atoms with E-state index in [4.69, 9.17) is 5.11 Å². The van der Waals surface area contributed by atoms with E-state index < -0.39 is 22.0 Å². The van der Waals surface area contributed by atoms with E-state index in [9.17, 15) is 13.2 Å². The molecule has 2 aromatic heterocycles. The number of aliphatic hydroxyl groups is 1. The number of thiazole rings is 1. The number of nitrogens with zero attached hydrogens (tertiary/aromatic N) is 3. The van der Waals surface area contributed by atoms with Crippen LogP contribution in [0.3, 0.4) is 0 Å². The summed E-state index contributed by atoms with van der Waals surface area (Å²) in [6.45, 7) is 1.40. The van der Waals surface area contributed by atoms with Crippen molar-refractivity contribution in [2.24, 2.45) is 0 Å². The Balaban J connectivity index is 1.92. The van der Waals surface area contributed by atoms with E-state index >= 15 is 0 Å². The molecule has 3 rings (SSSR count). The van der Waals surface area contributed by atoms with Gasteiger partial charge in [-0.05, 0) is 24.6 Å². The maximum absolute atomic E-state index is 12.3. The van der Waals surface area contributed by atoms with Crippen molar-refractivity contribution >= 4 is 37.5 Å². The van der Waals surface area contributed by atoms with Crippen LogP contribution in [0, 0.1) is 0 Å². The zero-order chi connectivity index (χ0) is 18.0. The van der Waals surface area contributed by atoms with Crippen molar-refractivity contribution < 1.29 is 18.3 Å². The molecule has 2 heterocycles. The predicted molar refractivity (Wildman–Crippen MR) is 92.3 cm³/mol. The zero-order valence-corrected chi connectivity index (χ0v) is 14.7. The van der Waals surface area contributed by atoms with Crippen LogP contribution in [0.1, 0.15) is 13.3 Å². The molecule has 0 saturated heterocycles. The van der Waals surface area contributed by atoms with Gasteiger partial charge in [0.25, 0.3) is 10.0 Å². The van der Waals surface area contributed by atoms with E-state index in [2.05, 4.69) is 15.0 Å². The summed E-state index contributed by atoms with van der Waals surface area (Å²) < 4.78 is 26.9. The number of amides is 1. The fourth-order valence-electron chi connectivity index (χ4n) is 2.15. The largest absolute Gasteiger partial charge is 0.393 e. The van der Waals surface area contributed by atoms with Crippen molar-refractivity contribution in [3.63, 3.8) is 0 Å². The van der Waals surface area contributed by atoms with Gasteiger partial charge in [0.2, 0.25) is 10.2 Å². The fraction of sp³-hybridized carbons (Fsp3) is 0.200. The van der Waals surface area contributed by atoms with Crippen LogP contribution >= 0.6 is 11.3 Å². The van der Waals surface area contributed by atoms with Gasteiger partial charge in [-0.25, -0.2) is 19.7 Å². The van der Waals surface area contributed by atoms with E-state index in [1.165, 1.54) is 13.3 Å². The van der Waals surface area contributed by atoms with Crippen molar-refractivity contribution in [2.75, 3.05) is 0 Å². The van der Waals surface area contributed by atoms with Gasteiger partial charge < -0.3 is 5.11 Å². The number of aliphatic hydroxyl groups excluding tert-OH is 1. The molecule has 0 bridgehead atoms. The Morgan fingerprint density at radius 2 is 2.00 bits per heavy atom. The lowest BCUT2D eigenvalue weighted by molar-refractivity contribution is -0.120. The molecular weight excluding hydrogens is 364 g/mol. The number of hydrogen-bond acceptors (Lipinski definition) is 8. The van der Waals surface area contributed by atoms with E-state index in [1.54, 1.807) is 24.5 Å². The minimum atomic E-state index is -4.07. The second-order valence-electron chi connectivity index (χ2n) is 5.37. The quantitative estimate of drug-likeness (QED) is 0.687. The molecule has 1 atom stereocenters. The molecule has 0 spiro atoms. The maximum Gasteiger partial charge on any atom is 0.291 e. The summed E-state index contributed by atoms with van der Waals surface area (Å²) >= 11 is 0.961. The number of rotatable bonds is 5. The molecule has 0 aliphatic rings. The molecule has 0 radical (unpaired) electrons. The number of aromatic nitrogens is 3. The molecule has 0 saturated carbocycles. The van der Waals surface area contributed by atoms with Crippen molar-refractivity contribution in [1.29, 1.82) is 0 Å². The predicted octanol–water partition coefficient (Wildman–Crippen LogP) is 1.33. The summed E-state index contributed by atoms with van der Waals surface area (Å²) in [4.78, 5) is 23.6. The summed E-state index contributed by atoms with van der Waals surface area (Å²) in [5.41, 5.74) is 2.09. The smallest absolute Gasteiger partial charge is 0.291 e. The van der Waals surface area contributed by atoms with Crippen LogP contribution in [-0.4, -0.2) is 40.5 Å². The number of carbonyl (C=O) groups is 1. The first-order valence-electron chi connectivity index (χ1n) is 7.25. The van der Waals surface area contributed by atoms with Crippen LogP contribution in [0.25, 0.3) is 21.3 Å². The molecule has 0 aliphatic carbocycles. The molecule has 1 amide bonds. The standard InChI is InChI=1S/C15H14N4O4S2/c1-9(20)4-14(21)19-25(22,23)15-18-12-5-10(2-3-13(12)24-15)11-6-16-8-17-7-11/h2-3,5-9,20H,4H2,1H3,(H,19,21)/t9-/m1/s1. The lowest BCUT2D eigenvalue weighted by Crippen LogP contribution is -2.32. The van der Waals surface area contributed by atoms with Crippen LogP contribution in [-0.2, 0) is 14.8 Å². The Hall–Kier alpha value is -2.43. The second-order valence-corrected chi connectivity index (χ2v) is 8.26. The lowest BCUT2D eigenvalue weighted by Gasteiger charge is -2.05. The molecule has 8 nitrogen and oxygen atoms in total. The summed E-state index contributed by atoms with van der Waals surface area (Å²) in [7, 11) is -4.07. The molecule has 1 aromatic carbocycles. The fourth-order valence-corrected chi connectivity index (χ4v) is 4.35. The van der Waals surface area contributed by atoms with Gasteiger partial charge in [-0.1, -0.05) is 6.07 Å². The molecule has 3 aromatic rings. The third kappa shape index (κ3) is 3.98. The van der Waals surface area contributed by atoms with E-state index in [-0.39, 0.29) is 10.8 Å². The highest BCUT2D eigenvalue weighted by molar-refractivity contribution is 7.92. The number of fused-ring (bicyclic) bond motifs is 1. The van der Waals surface area contributed by atoms with Crippen molar-refractivity contribution in [2.45, 2.75) is 23.8 Å². The SMILES string of the molecule is C[C@@H](O)CC(=O)NS(=O)(=O)c1nc2cc(-c3cncnc3)ccc2s1. The van der Waals surface area contributed by atoms with Crippen molar-refractivity contribution in [1.82, 2.24) is 19.7 Å². The third-order valence-corrected chi connectivity index (χ3v) is 6.01. The molecule has 10 heteroatoms. The highest BCUT2D eigenvalue weighted by atomic mass is 32.2. The topological polar surface area (TPSA) is 122 Å². The second kappa shape index (κ2) is 6.82. The van der Waals surface area contributed by atoms with Gasteiger partial charge in [-0.15, -0.1) is 11.3 Å². The number of sulfonamides is 1. The first-order valence-corrected chi connectivity index (χ1v) is 9.55. The molecular formula is C15H14N4O4S2. The highest BCUT2D eigenvalue weighted by Gasteiger charge is 2.23. The summed E-state index contributed by atoms with van der Waals surface area (Å²) in [6.07, 6.45) is 3.48. The average Bonchev–Trinajstić information content (AvgIpc) is 2.98. The van der Waals surface area contributed by atoms with Crippen LogP contribution in [0.4, 0.5) is 0 Å². The molecule has 2 N–H and O–H groups in total. The Morgan fingerprint density at radius 1 is 1.28 bits per heavy atom. The molecule has 130 valence electrons. The van der Waals surface area contributed by atoms with Crippen molar-refractivity contribution in [3.8, 4) is 11.1 Å². The van der Waals surface area contributed by atoms with E-state index in [0.29, 0.717) is 10.2 Å². The number of nitrogens with one attached hydrogen (secondary N) is 1.